The number of benzene rings is 2. The molecule has 2 fully saturated rings. The third-order valence-electron chi connectivity index (χ3n) is 5.03. The molecule has 2 aliphatic rings. The summed E-state index contributed by atoms with van der Waals surface area (Å²) in [6, 6.07) is 12.4. The maximum atomic E-state index is 13.4. The molecule has 4 rings (SSSR count). The van der Waals surface area contributed by atoms with Gasteiger partial charge in [0.15, 0.2) is 0 Å². The van der Waals surface area contributed by atoms with Crippen LogP contribution in [0.2, 0.25) is 0 Å². The first-order valence-electron chi connectivity index (χ1n) is 9.10. The summed E-state index contributed by atoms with van der Waals surface area (Å²) < 4.78 is 46.7. The van der Waals surface area contributed by atoms with Crippen molar-refractivity contribution in [3.05, 3.63) is 65.5 Å². The Balaban J connectivity index is 1.50. The Morgan fingerprint density at radius 1 is 1.04 bits per heavy atom. The van der Waals surface area contributed by atoms with Crippen molar-refractivity contribution >= 4 is 15.9 Å². The number of sulfonamides is 1. The number of carbonyl (C=O) groups excluding carboxylic acids is 1. The van der Waals surface area contributed by atoms with Crippen molar-refractivity contribution in [2.24, 2.45) is 0 Å². The lowest BCUT2D eigenvalue weighted by molar-refractivity contribution is -0.113. The van der Waals surface area contributed by atoms with Gasteiger partial charge in [-0.3, -0.25) is 4.79 Å². The number of hydrogen-bond acceptors (Lipinski definition) is 4. The highest BCUT2D eigenvalue weighted by molar-refractivity contribution is 7.89. The number of amides is 1. The molecule has 6 nitrogen and oxygen atoms in total. The first kappa shape index (κ1) is 19.0. The van der Waals surface area contributed by atoms with Crippen LogP contribution in [0.15, 0.2) is 53.4 Å². The van der Waals surface area contributed by atoms with Gasteiger partial charge in [0.05, 0.1) is 17.1 Å². The van der Waals surface area contributed by atoms with Gasteiger partial charge < -0.3 is 9.64 Å². The summed E-state index contributed by atoms with van der Waals surface area (Å²) in [6.45, 7) is 2.75. The highest BCUT2D eigenvalue weighted by Gasteiger charge is 2.41. The lowest BCUT2D eigenvalue weighted by atomic mass is 10.1. The second-order valence-corrected chi connectivity index (χ2v) is 9.18. The minimum absolute atomic E-state index is 0.180. The molecule has 2 aliphatic heterocycles. The van der Waals surface area contributed by atoms with Gasteiger partial charge in [-0.25, -0.2) is 12.8 Å². The zero-order valence-electron chi connectivity index (χ0n) is 15.4. The number of fused-ring (bicyclic) bond motifs is 2. The Bertz CT molecular complexity index is 997. The fourth-order valence-corrected chi connectivity index (χ4v) is 5.35. The van der Waals surface area contributed by atoms with Gasteiger partial charge in [-0.05, 0) is 42.8 Å². The number of hydrogen-bond donors (Lipinski definition) is 0. The Morgan fingerprint density at radius 2 is 1.71 bits per heavy atom. The fourth-order valence-electron chi connectivity index (χ4n) is 3.75. The van der Waals surface area contributed by atoms with E-state index in [9.17, 15) is 17.6 Å². The first-order valence-corrected chi connectivity index (χ1v) is 10.5. The van der Waals surface area contributed by atoms with Crippen molar-refractivity contribution in [1.82, 2.24) is 9.21 Å². The molecule has 148 valence electrons. The van der Waals surface area contributed by atoms with Gasteiger partial charge in [-0.1, -0.05) is 18.2 Å². The van der Waals surface area contributed by atoms with E-state index in [1.54, 1.807) is 29.2 Å². The molecule has 0 aromatic heterocycles. The third kappa shape index (κ3) is 3.67. The lowest BCUT2D eigenvalue weighted by Crippen LogP contribution is -2.61. The fraction of sp³-hybridized carbons (Fsp3) is 0.350. The monoisotopic (exact) mass is 404 g/mol. The summed E-state index contributed by atoms with van der Waals surface area (Å²) in [7, 11) is -3.62. The Morgan fingerprint density at radius 3 is 2.36 bits per heavy atom. The molecule has 2 heterocycles. The minimum atomic E-state index is -3.62. The van der Waals surface area contributed by atoms with Crippen LogP contribution in [-0.4, -0.2) is 61.9 Å². The zero-order valence-corrected chi connectivity index (χ0v) is 16.2. The predicted octanol–water partition coefficient (Wildman–Crippen LogP) is 2.05. The van der Waals surface area contributed by atoms with Gasteiger partial charge in [0.25, 0.3) is 5.91 Å². The van der Waals surface area contributed by atoms with Crippen molar-refractivity contribution in [2.75, 3.05) is 26.2 Å². The van der Waals surface area contributed by atoms with Crippen molar-refractivity contribution in [3.8, 4) is 0 Å². The number of rotatable bonds is 3. The average molecular weight is 404 g/mol. The van der Waals surface area contributed by atoms with E-state index in [-0.39, 0.29) is 42.5 Å². The van der Waals surface area contributed by atoms with Crippen molar-refractivity contribution < 1.29 is 22.3 Å². The topological polar surface area (TPSA) is 66.9 Å². The van der Waals surface area contributed by atoms with E-state index in [1.807, 2.05) is 13.0 Å². The van der Waals surface area contributed by atoms with Gasteiger partial charge >= 0.3 is 0 Å². The molecule has 0 saturated carbocycles. The molecular weight excluding hydrogens is 383 g/mol. The summed E-state index contributed by atoms with van der Waals surface area (Å²) >= 11 is 0. The highest BCUT2D eigenvalue weighted by Crippen LogP contribution is 2.26. The second-order valence-electron chi connectivity index (χ2n) is 7.24. The molecule has 2 aromatic carbocycles. The second kappa shape index (κ2) is 7.27. The molecule has 0 spiro atoms. The van der Waals surface area contributed by atoms with Gasteiger partial charge in [0.1, 0.15) is 5.82 Å². The number of carbonyl (C=O) groups is 1. The Kier molecular flexibility index (Phi) is 4.95. The molecule has 28 heavy (non-hydrogen) atoms. The number of aryl methyl sites for hydroxylation is 1. The molecule has 8 heteroatoms. The summed E-state index contributed by atoms with van der Waals surface area (Å²) in [4.78, 5) is 14.6. The smallest absolute Gasteiger partial charge is 0.254 e. The summed E-state index contributed by atoms with van der Waals surface area (Å²) in [5.41, 5.74) is 1.16. The van der Waals surface area contributed by atoms with Crippen molar-refractivity contribution in [3.63, 3.8) is 0 Å². The van der Waals surface area contributed by atoms with Crippen LogP contribution in [0.1, 0.15) is 15.9 Å². The maximum Gasteiger partial charge on any atom is 0.254 e. The summed E-state index contributed by atoms with van der Waals surface area (Å²) in [5.74, 6) is -0.734. The molecule has 1 amide bonds. The SMILES string of the molecule is Cc1cccc(S(=O)(=O)N2CC3CN(C(=O)c4cccc(F)c4)CC(C2)O3)c1. The highest BCUT2D eigenvalue weighted by atomic mass is 32.2. The van der Waals surface area contributed by atoms with Crippen LogP contribution in [0.5, 0.6) is 0 Å². The molecule has 2 unspecified atom stereocenters. The molecule has 2 bridgehead atoms. The molecule has 0 N–H and O–H groups in total. The van der Waals surface area contributed by atoms with Crippen molar-refractivity contribution in [2.45, 2.75) is 24.0 Å². The van der Waals surface area contributed by atoms with Gasteiger partial charge in [0.2, 0.25) is 10.0 Å². The van der Waals surface area contributed by atoms with Crippen LogP contribution in [0.3, 0.4) is 0 Å². The number of halogens is 1. The summed E-state index contributed by atoms with van der Waals surface area (Å²) in [6.07, 6.45) is -0.825. The quantitative estimate of drug-likeness (QED) is 0.785. The van der Waals surface area contributed by atoms with E-state index in [1.165, 1.54) is 22.5 Å². The summed E-state index contributed by atoms with van der Waals surface area (Å²) in [5, 5.41) is 0. The van der Waals surface area contributed by atoms with Crippen molar-refractivity contribution in [1.29, 1.82) is 0 Å². The normalized spacial score (nSPS) is 22.9. The largest absolute Gasteiger partial charge is 0.369 e. The zero-order chi connectivity index (χ0) is 19.9. The molecule has 2 saturated heterocycles. The molecule has 0 aliphatic carbocycles. The maximum absolute atomic E-state index is 13.4. The Labute approximate surface area is 163 Å². The van der Waals surface area contributed by atoms with E-state index >= 15 is 0 Å². The number of nitrogens with zero attached hydrogens (tertiary/aromatic N) is 2. The van der Waals surface area contributed by atoms with Crippen LogP contribution in [0, 0.1) is 12.7 Å². The minimum Gasteiger partial charge on any atom is -0.369 e. The van der Waals surface area contributed by atoms with Crippen LogP contribution < -0.4 is 0 Å². The molecule has 0 radical (unpaired) electrons. The van der Waals surface area contributed by atoms with E-state index in [4.69, 9.17) is 4.74 Å². The average Bonchev–Trinajstić information content (AvgIpc) is 2.66. The van der Waals surface area contributed by atoms with Gasteiger partial charge in [-0.15, -0.1) is 0 Å². The van der Waals surface area contributed by atoms with E-state index in [0.29, 0.717) is 0 Å². The standard InChI is InChI=1S/C20H21FN2O4S/c1-14-4-2-7-19(8-14)28(25,26)23-12-17-10-22(11-18(13-23)27-17)20(24)15-5-3-6-16(21)9-15/h2-9,17-18H,10-13H2,1H3. The first-order chi connectivity index (χ1) is 13.3. The van der Waals surface area contributed by atoms with Gasteiger partial charge in [-0.2, -0.15) is 4.31 Å². The van der Waals surface area contributed by atoms with Crippen LogP contribution >= 0.6 is 0 Å². The van der Waals surface area contributed by atoms with E-state index < -0.39 is 28.0 Å². The third-order valence-corrected chi connectivity index (χ3v) is 6.86. The Hall–Kier alpha value is -2.29. The van der Waals surface area contributed by atoms with Crippen LogP contribution in [0.4, 0.5) is 4.39 Å². The van der Waals surface area contributed by atoms with Crippen LogP contribution in [-0.2, 0) is 14.8 Å². The predicted molar refractivity (Wildman–Crippen MR) is 101 cm³/mol. The van der Waals surface area contributed by atoms with Gasteiger partial charge in [0, 0.05) is 31.7 Å². The van der Waals surface area contributed by atoms with E-state index in [2.05, 4.69) is 0 Å². The molecule has 2 aromatic rings. The van der Waals surface area contributed by atoms with E-state index in [0.717, 1.165) is 5.56 Å². The number of ether oxygens (including phenoxy) is 1. The molecular formula is C20H21FN2O4S. The van der Waals surface area contributed by atoms with Crippen LogP contribution in [0.25, 0.3) is 0 Å². The molecule has 2 atom stereocenters. The number of morpholine rings is 2. The lowest BCUT2D eigenvalue weighted by Gasteiger charge is -2.45.